The molecule has 0 heterocycles. The Kier molecular flexibility index (Phi) is 15.9. The summed E-state index contributed by atoms with van der Waals surface area (Å²) in [5.74, 6) is 0.731. The maximum absolute atomic E-state index is 8.82. The van der Waals surface area contributed by atoms with Crippen LogP contribution in [-0.4, -0.2) is 20.4 Å². The third-order valence-electron chi connectivity index (χ3n) is 3.46. The van der Waals surface area contributed by atoms with Crippen molar-refractivity contribution >= 4 is 50.5 Å². The van der Waals surface area contributed by atoms with Crippen LogP contribution in [0.15, 0.2) is 117 Å². The second kappa shape index (κ2) is 17.2. The van der Waals surface area contributed by atoms with Gasteiger partial charge in [-0.3, -0.25) is 0 Å². The molecule has 0 atom stereocenters. The van der Waals surface area contributed by atoms with E-state index in [2.05, 4.69) is 0 Å². The first-order chi connectivity index (χ1) is 15.2. The van der Waals surface area contributed by atoms with Crippen molar-refractivity contribution in [2.45, 2.75) is 19.6 Å². The van der Waals surface area contributed by atoms with Gasteiger partial charge in [0.2, 0.25) is 0 Å². The van der Waals surface area contributed by atoms with Gasteiger partial charge < -0.3 is 70.9 Å². The summed E-state index contributed by atoms with van der Waals surface area (Å²) in [7, 11) is 0. The average Bonchev–Trinajstić information content (AvgIpc) is 2.78. The van der Waals surface area contributed by atoms with Gasteiger partial charge in [0.1, 0.15) is 0 Å². The number of phenols is 4. The van der Waals surface area contributed by atoms with Crippen LogP contribution in [0.5, 0.6) is 23.0 Å². The second-order valence-corrected chi connectivity index (χ2v) is 7.63. The second-order valence-electron chi connectivity index (χ2n) is 5.87. The fourth-order valence-corrected chi connectivity index (χ4v) is 2.42. The normalized spacial score (nSPS) is 8.73. The van der Waals surface area contributed by atoms with Crippen LogP contribution in [0.1, 0.15) is 0 Å². The SMILES string of the molecule is Oc1ccccc1[S-].Oc1ccccc1[S-].Oc1ccccc1[S-].Oc1ccccc1[S-].[Mo+4]. The number of rotatable bonds is 0. The molecular formula is C24H20MoO4S4. The van der Waals surface area contributed by atoms with Gasteiger partial charge in [-0.1, -0.05) is 72.8 Å². The average molecular weight is 597 g/mol. The minimum Gasteiger partial charge on any atom is -0.776 e. The van der Waals surface area contributed by atoms with Gasteiger partial charge in [-0.2, -0.15) is 0 Å². The Hall–Kier alpha value is -2.35. The monoisotopic (exact) mass is 598 g/mol. The van der Waals surface area contributed by atoms with Gasteiger partial charge in [0, 0.05) is 0 Å². The molecule has 0 amide bonds. The molecule has 0 aromatic heterocycles. The zero-order valence-electron chi connectivity index (χ0n) is 17.1. The van der Waals surface area contributed by atoms with E-state index in [1.807, 2.05) is 0 Å². The molecule has 9 heteroatoms. The van der Waals surface area contributed by atoms with Crippen molar-refractivity contribution < 1.29 is 41.5 Å². The Morgan fingerprint density at radius 2 is 0.485 bits per heavy atom. The molecule has 4 N–H and O–H groups in total. The maximum Gasteiger partial charge on any atom is 4.00 e. The number of hydrogen-bond donors (Lipinski definition) is 4. The molecule has 0 saturated heterocycles. The first kappa shape index (κ1) is 30.6. The fourth-order valence-electron chi connectivity index (χ4n) is 1.83. The number of benzene rings is 4. The van der Waals surface area contributed by atoms with Gasteiger partial charge in [-0.15, -0.1) is 19.6 Å². The van der Waals surface area contributed by atoms with Crippen LogP contribution in [0, 0.1) is 0 Å². The Balaban J connectivity index is 0.000000410. The van der Waals surface area contributed by atoms with E-state index in [1.165, 1.54) is 0 Å². The fraction of sp³-hybridized carbons (Fsp3) is 0. The summed E-state index contributed by atoms with van der Waals surface area (Å²) >= 11 is 18.8. The summed E-state index contributed by atoms with van der Waals surface area (Å²) in [4.78, 5) is 2.03. The molecule has 4 aromatic carbocycles. The molecule has 0 fully saturated rings. The predicted octanol–water partition coefficient (Wildman–Crippen LogP) is 5.19. The molecule has 0 aliphatic carbocycles. The predicted molar refractivity (Wildman–Crippen MR) is 135 cm³/mol. The summed E-state index contributed by atoms with van der Waals surface area (Å²) in [5, 5.41) is 35.3. The van der Waals surface area contributed by atoms with Gasteiger partial charge in [0.25, 0.3) is 0 Å². The molecule has 4 nitrogen and oxygen atoms in total. The van der Waals surface area contributed by atoms with Crippen LogP contribution in [0.4, 0.5) is 0 Å². The molecule has 0 saturated carbocycles. The first-order valence-electron chi connectivity index (χ1n) is 9.02. The minimum atomic E-state index is 0. The van der Waals surface area contributed by atoms with E-state index in [4.69, 9.17) is 70.9 Å². The molecule has 170 valence electrons. The minimum absolute atomic E-state index is 0. The van der Waals surface area contributed by atoms with Crippen molar-refractivity contribution in [1.29, 1.82) is 0 Å². The van der Waals surface area contributed by atoms with Crippen molar-refractivity contribution in [3.8, 4) is 23.0 Å². The van der Waals surface area contributed by atoms with E-state index >= 15 is 0 Å². The molecular weight excluding hydrogens is 576 g/mol. The van der Waals surface area contributed by atoms with Crippen LogP contribution in [0.2, 0.25) is 0 Å². The molecule has 0 aliphatic heterocycles. The third kappa shape index (κ3) is 13.1. The molecule has 33 heavy (non-hydrogen) atoms. The molecule has 0 bridgehead atoms. The van der Waals surface area contributed by atoms with Crippen molar-refractivity contribution in [3.63, 3.8) is 0 Å². The van der Waals surface area contributed by atoms with E-state index in [1.54, 1.807) is 97.1 Å². The summed E-state index contributed by atoms with van der Waals surface area (Å²) < 4.78 is 0. The Labute approximate surface area is 230 Å². The standard InChI is InChI=1S/4C6H6OS.Mo/c4*7-5-3-1-2-4-6(5)8;/h4*1-4,7-8H;/q;;;;+4/p-4. The van der Waals surface area contributed by atoms with Crippen molar-refractivity contribution in [2.24, 2.45) is 0 Å². The Morgan fingerprint density at radius 3 is 0.576 bits per heavy atom. The van der Waals surface area contributed by atoms with Crippen LogP contribution in [-0.2, 0) is 71.6 Å². The summed E-state index contributed by atoms with van der Waals surface area (Å²) in [6, 6.07) is 27.2. The van der Waals surface area contributed by atoms with Crippen LogP contribution in [0.25, 0.3) is 0 Å². The Morgan fingerprint density at radius 1 is 0.333 bits per heavy atom. The third-order valence-corrected chi connectivity index (χ3v) is 4.84. The Bertz CT molecular complexity index is 839. The molecule has 0 radical (unpaired) electrons. The molecule has 4 aromatic rings. The van der Waals surface area contributed by atoms with Gasteiger partial charge in [-0.05, 0) is 24.3 Å². The van der Waals surface area contributed by atoms with E-state index in [-0.39, 0.29) is 44.1 Å². The number of phenolic OH excluding ortho intramolecular Hbond substituents is 4. The van der Waals surface area contributed by atoms with Crippen LogP contribution < -0.4 is 0 Å². The van der Waals surface area contributed by atoms with E-state index in [0.29, 0.717) is 19.6 Å². The molecule has 0 aliphatic rings. The summed E-state index contributed by atoms with van der Waals surface area (Å²) in [5.41, 5.74) is 0. The smallest absolute Gasteiger partial charge is 0.776 e. The first-order valence-corrected chi connectivity index (χ1v) is 10.7. The van der Waals surface area contributed by atoms with Gasteiger partial charge in [0.15, 0.2) is 0 Å². The summed E-state index contributed by atoms with van der Waals surface area (Å²) in [6.07, 6.45) is 0. The largest absolute Gasteiger partial charge is 4.00 e. The van der Waals surface area contributed by atoms with Gasteiger partial charge >= 0.3 is 21.1 Å². The van der Waals surface area contributed by atoms with E-state index < -0.39 is 0 Å². The number of para-hydroxylation sites is 4. The van der Waals surface area contributed by atoms with Crippen LogP contribution in [0.3, 0.4) is 0 Å². The zero-order chi connectivity index (χ0) is 23.9. The van der Waals surface area contributed by atoms with Crippen molar-refractivity contribution in [3.05, 3.63) is 97.1 Å². The quantitative estimate of drug-likeness (QED) is 0.163. The van der Waals surface area contributed by atoms with Crippen molar-refractivity contribution in [2.75, 3.05) is 0 Å². The molecule has 0 unspecified atom stereocenters. The van der Waals surface area contributed by atoms with Crippen molar-refractivity contribution in [1.82, 2.24) is 0 Å². The van der Waals surface area contributed by atoms with Gasteiger partial charge in [0.05, 0.1) is 23.0 Å². The van der Waals surface area contributed by atoms with E-state index in [0.717, 1.165) is 0 Å². The summed E-state index contributed by atoms with van der Waals surface area (Å²) in [6.45, 7) is 0. The van der Waals surface area contributed by atoms with Gasteiger partial charge in [-0.25, -0.2) is 0 Å². The number of aromatic hydroxyl groups is 4. The molecule has 4 rings (SSSR count). The maximum atomic E-state index is 8.82. The zero-order valence-corrected chi connectivity index (χ0v) is 22.3. The molecule has 0 spiro atoms. The van der Waals surface area contributed by atoms with E-state index in [9.17, 15) is 0 Å². The van der Waals surface area contributed by atoms with Crippen LogP contribution >= 0.6 is 0 Å². The number of hydrogen-bond acceptors (Lipinski definition) is 8. The topological polar surface area (TPSA) is 80.9 Å².